The molecule has 0 unspecified atom stereocenters. The molecular weight excluding hydrogens is 522 g/mol. The highest BCUT2D eigenvalue weighted by atomic mass is 32.2. The predicted molar refractivity (Wildman–Crippen MR) is 149 cm³/mol. The van der Waals surface area contributed by atoms with E-state index in [1.54, 1.807) is 60.9 Å². The molecule has 0 amide bonds. The van der Waals surface area contributed by atoms with Crippen molar-refractivity contribution in [2.75, 3.05) is 7.11 Å². The average molecular weight is 547 g/mol. The number of benzene rings is 2. The number of ether oxygens (including phenoxy) is 1. The number of pyridine rings is 1. The molecule has 0 N–H and O–H groups in total. The lowest BCUT2D eigenvalue weighted by Crippen LogP contribution is -2.00. The van der Waals surface area contributed by atoms with E-state index in [9.17, 15) is 18.8 Å². The minimum absolute atomic E-state index is 0.0706. The van der Waals surface area contributed by atoms with E-state index >= 15 is 0 Å². The van der Waals surface area contributed by atoms with Gasteiger partial charge in [-0.3, -0.25) is 4.79 Å². The Morgan fingerprint density at radius 1 is 1.16 bits per heavy atom. The van der Waals surface area contributed by atoms with Gasteiger partial charge < -0.3 is 4.74 Å². The van der Waals surface area contributed by atoms with Crippen molar-refractivity contribution < 1.29 is 18.3 Å². The number of carbonyl (C=O) groups is 1. The van der Waals surface area contributed by atoms with Crippen molar-refractivity contribution in [1.29, 1.82) is 5.26 Å². The van der Waals surface area contributed by atoms with Gasteiger partial charge in [0.15, 0.2) is 5.78 Å². The van der Waals surface area contributed by atoms with Gasteiger partial charge in [-0.2, -0.15) is 5.26 Å². The fraction of sp³-hybridized carbons (Fsp3) is 0.167. The smallest absolute Gasteiger partial charge is 0.280 e. The molecule has 0 radical (unpaired) electrons. The largest absolute Gasteiger partial charge is 0.496 e. The molecule has 4 aromatic rings. The number of aryl methyl sites for hydroxylation is 2. The molecule has 0 aliphatic rings. The first-order valence-corrected chi connectivity index (χ1v) is 13.5. The zero-order chi connectivity index (χ0) is 27.2. The molecule has 0 bridgehead atoms. The molecular formula is C30H24F2N2O2S2. The number of ketones is 1. The quantitative estimate of drug-likeness (QED) is 0.120. The molecule has 0 aliphatic heterocycles. The van der Waals surface area contributed by atoms with Crippen LogP contribution in [0, 0.1) is 25.2 Å². The van der Waals surface area contributed by atoms with Gasteiger partial charge in [-0.05, 0) is 55.3 Å². The van der Waals surface area contributed by atoms with Crippen LogP contribution < -0.4 is 4.74 Å². The Balaban J connectivity index is 1.63. The highest BCUT2D eigenvalue weighted by molar-refractivity contribution is 7.98. The fourth-order valence-electron chi connectivity index (χ4n) is 4.01. The lowest BCUT2D eigenvalue weighted by molar-refractivity contribution is 0.104. The van der Waals surface area contributed by atoms with Crippen molar-refractivity contribution in [3.8, 4) is 22.9 Å². The first-order valence-electron chi connectivity index (χ1n) is 11.7. The van der Waals surface area contributed by atoms with E-state index in [4.69, 9.17) is 4.74 Å². The van der Waals surface area contributed by atoms with Gasteiger partial charge in [0, 0.05) is 32.2 Å². The number of thioether (sulfide) groups is 1. The molecule has 8 heteroatoms. The minimum Gasteiger partial charge on any atom is -0.496 e. The van der Waals surface area contributed by atoms with Crippen molar-refractivity contribution in [3.63, 3.8) is 0 Å². The summed E-state index contributed by atoms with van der Waals surface area (Å²) in [5.41, 5.74) is 3.21. The maximum atomic E-state index is 13.7. The van der Waals surface area contributed by atoms with Crippen LogP contribution in [0.25, 0.3) is 17.2 Å². The molecule has 0 fully saturated rings. The molecule has 0 atom stereocenters. The van der Waals surface area contributed by atoms with Gasteiger partial charge in [0.1, 0.15) is 22.5 Å². The van der Waals surface area contributed by atoms with Crippen LogP contribution in [0.2, 0.25) is 0 Å². The summed E-state index contributed by atoms with van der Waals surface area (Å²) >= 11 is 2.78. The van der Waals surface area contributed by atoms with Crippen molar-refractivity contribution in [2.24, 2.45) is 0 Å². The van der Waals surface area contributed by atoms with Gasteiger partial charge in [-0.25, -0.2) is 13.8 Å². The summed E-state index contributed by atoms with van der Waals surface area (Å²) in [6.45, 7) is 3.90. The van der Waals surface area contributed by atoms with Gasteiger partial charge in [0.25, 0.3) is 6.43 Å². The zero-order valence-electron chi connectivity index (χ0n) is 21.0. The molecule has 38 heavy (non-hydrogen) atoms. The Morgan fingerprint density at radius 3 is 2.55 bits per heavy atom. The Labute approximate surface area is 228 Å². The van der Waals surface area contributed by atoms with Crippen molar-refractivity contribution in [3.05, 3.63) is 104 Å². The molecule has 4 rings (SSSR count). The van der Waals surface area contributed by atoms with Crippen LogP contribution in [-0.2, 0) is 5.75 Å². The fourth-order valence-corrected chi connectivity index (χ4v) is 5.93. The molecule has 0 aliphatic carbocycles. The van der Waals surface area contributed by atoms with Crippen molar-refractivity contribution in [1.82, 2.24) is 4.98 Å². The SMILES string of the molecule is COc1ccc(/C=C/C(=O)c2cc(C)sc2C)cc1CSc1nc(C(F)F)cc(-c2ccccc2)c1C#N. The first kappa shape index (κ1) is 27.2. The van der Waals surface area contributed by atoms with Gasteiger partial charge >= 0.3 is 0 Å². The Morgan fingerprint density at radius 2 is 1.92 bits per heavy atom. The van der Waals surface area contributed by atoms with Gasteiger partial charge in [0.2, 0.25) is 0 Å². The lowest BCUT2D eigenvalue weighted by atomic mass is 10.0. The number of methoxy groups -OCH3 is 1. The Bertz CT molecular complexity index is 1540. The van der Waals surface area contributed by atoms with Gasteiger partial charge in [-0.1, -0.05) is 42.5 Å². The van der Waals surface area contributed by atoms with Crippen LogP contribution in [-0.4, -0.2) is 17.9 Å². The van der Waals surface area contributed by atoms with E-state index in [0.29, 0.717) is 28.2 Å². The molecule has 0 saturated carbocycles. The van der Waals surface area contributed by atoms with E-state index in [2.05, 4.69) is 11.1 Å². The van der Waals surface area contributed by atoms with Gasteiger partial charge in [-0.15, -0.1) is 23.1 Å². The highest BCUT2D eigenvalue weighted by Gasteiger charge is 2.20. The Hall–Kier alpha value is -3.80. The van der Waals surface area contributed by atoms with E-state index < -0.39 is 6.43 Å². The first-order chi connectivity index (χ1) is 18.3. The molecule has 4 nitrogen and oxygen atoms in total. The second-order valence-electron chi connectivity index (χ2n) is 8.44. The van der Waals surface area contributed by atoms with E-state index in [1.807, 2.05) is 38.1 Å². The van der Waals surface area contributed by atoms with Crippen LogP contribution >= 0.6 is 23.1 Å². The lowest BCUT2D eigenvalue weighted by Gasteiger charge is -2.13. The highest BCUT2D eigenvalue weighted by Crippen LogP contribution is 2.36. The number of allylic oxidation sites excluding steroid dienone is 1. The third-order valence-corrected chi connectivity index (χ3v) is 7.82. The van der Waals surface area contributed by atoms with Crippen LogP contribution in [0.4, 0.5) is 8.78 Å². The number of aromatic nitrogens is 1. The monoisotopic (exact) mass is 546 g/mol. The van der Waals surface area contributed by atoms with Crippen LogP contribution in [0.1, 0.15) is 48.9 Å². The minimum atomic E-state index is -2.78. The van der Waals surface area contributed by atoms with Crippen LogP contribution in [0.3, 0.4) is 0 Å². The number of alkyl halides is 2. The number of hydrogen-bond donors (Lipinski definition) is 0. The number of nitrogens with zero attached hydrogens (tertiary/aromatic N) is 2. The summed E-state index contributed by atoms with van der Waals surface area (Å²) in [6.07, 6.45) is 0.508. The molecule has 192 valence electrons. The number of carbonyl (C=O) groups excluding carboxylic acids is 1. The summed E-state index contributed by atoms with van der Waals surface area (Å²) in [7, 11) is 1.55. The molecule has 2 heterocycles. The normalized spacial score (nSPS) is 11.2. The number of rotatable bonds is 9. The van der Waals surface area contributed by atoms with E-state index in [0.717, 1.165) is 20.9 Å². The molecule has 2 aromatic heterocycles. The maximum absolute atomic E-state index is 13.7. The summed E-state index contributed by atoms with van der Waals surface area (Å²) in [5.74, 6) is 0.861. The zero-order valence-corrected chi connectivity index (χ0v) is 22.6. The van der Waals surface area contributed by atoms with Crippen LogP contribution in [0.5, 0.6) is 5.75 Å². The molecule has 2 aromatic carbocycles. The third kappa shape index (κ3) is 6.18. The number of thiophene rings is 1. The molecule has 0 saturated heterocycles. The third-order valence-electron chi connectivity index (χ3n) is 5.83. The number of halogens is 2. The summed E-state index contributed by atoms with van der Waals surface area (Å²) in [4.78, 5) is 18.8. The average Bonchev–Trinajstić information content (AvgIpc) is 3.27. The van der Waals surface area contributed by atoms with Crippen LogP contribution in [0.15, 0.2) is 71.8 Å². The molecule has 0 spiro atoms. The van der Waals surface area contributed by atoms with E-state index in [-0.39, 0.29) is 22.1 Å². The number of hydrogen-bond acceptors (Lipinski definition) is 6. The van der Waals surface area contributed by atoms with Crippen molar-refractivity contribution in [2.45, 2.75) is 31.1 Å². The van der Waals surface area contributed by atoms with Gasteiger partial charge in [0.05, 0.1) is 12.7 Å². The predicted octanol–water partition coefficient (Wildman–Crippen LogP) is 8.43. The standard InChI is InChI=1S/C30H24F2N2O2S2/c1-18-13-23(19(2)38-18)27(35)11-9-20-10-12-28(36-3)22(14-20)17-37-30-25(16-33)24(15-26(34-30)29(31)32)21-7-5-4-6-8-21/h4-15,29H,17H2,1-3H3/b11-9+. The maximum Gasteiger partial charge on any atom is 0.280 e. The van der Waals surface area contributed by atoms with Crippen molar-refractivity contribution >= 4 is 35.0 Å². The Kier molecular flexibility index (Phi) is 8.72. The second-order valence-corrected chi connectivity index (χ2v) is 10.9. The summed E-state index contributed by atoms with van der Waals surface area (Å²) in [5, 5.41) is 10.1. The summed E-state index contributed by atoms with van der Waals surface area (Å²) < 4.78 is 32.9. The van der Waals surface area contributed by atoms with E-state index in [1.165, 1.54) is 17.8 Å². The topological polar surface area (TPSA) is 63.0 Å². The second kappa shape index (κ2) is 12.2. The number of nitriles is 1. The summed E-state index contributed by atoms with van der Waals surface area (Å²) in [6, 6.07) is 19.8.